The Labute approximate surface area is 128 Å². The van der Waals surface area contributed by atoms with E-state index in [0.717, 1.165) is 15.6 Å². The zero-order valence-corrected chi connectivity index (χ0v) is 13.3. The first-order chi connectivity index (χ1) is 9.02. The number of ether oxygens (including phenoxy) is 1. The third-order valence-electron chi connectivity index (χ3n) is 2.84. The lowest BCUT2D eigenvalue weighted by Crippen LogP contribution is -2.13. The Morgan fingerprint density at radius 2 is 1.79 bits per heavy atom. The monoisotopic (exact) mass is 387 g/mol. The molecule has 0 spiro atoms. The van der Waals surface area contributed by atoms with E-state index in [2.05, 4.69) is 31.9 Å². The minimum Gasteiger partial charge on any atom is -0.496 e. The largest absolute Gasteiger partial charge is 0.496 e. The molecular formula is C14H12Br2FNO. The molecule has 0 heterocycles. The Hall–Kier alpha value is -0.910. The number of benzene rings is 2. The van der Waals surface area contributed by atoms with Crippen LogP contribution in [-0.4, -0.2) is 7.11 Å². The molecule has 0 aliphatic heterocycles. The Morgan fingerprint density at radius 3 is 2.37 bits per heavy atom. The van der Waals surface area contributed by atoms with Gasteiger partial charge in [0.25, 0.3) is 0 Å². The van der Waals surface area contributed by atoms with Crippen LogP contribution in [0, 0.1) is 5.82 Å². The van der Waals surface area contributed by atoms with Crippen LogP contribution in [0.1, 0.15) is 17.2 Å². The van der Waals surface area contributed by atoms with Crippen molar-refractivity contribution in [2.24, 2.45) is 5.73 Å². The summed E-state index contributed by atoms with van der Waals surface area (Å²) in [4.78, 5) is 0. The fourth-order valence-corrected chi connectivity index (χ4v) is 2.44. The second-order valence-electron chi connectivity index (χ2n) is 4.04. The molecule has 0 aliphatic carbocycles. The predicted molar refractivity (Wildman–Crippen MR) is 80.8 cm³/mol. The van der Waals surface area contributed by atoms with Gasteiger partial charge in [0, 0.05) is 16.1 Å². The highest BCUT2D eigenvalue weighted by Crippen LogP contribution is 2.33. The van der Waals surface area contributed by atoms with E-state index in [4.69, 9.17) is 10.5 Å². The molecule has 19 heavy (non-hydrogen) atoms. The van der Waals surface area contributed by atoms with Gasteiger partial charge in [0.2, 0.25) is 0 Å². The van der Waals surface area contributed by atoms with Crippen molar-refractivity contribution < 1.29 is 9.13 Å². The lowest BCUT2D eigenvalue weighted by molar-refractivity contribution is 0.404. The van der Waals surface area contributed by atoms with Crippen molar-refractivity contribution in [1.29, 1.82) is 0 Å². The molecule has 2 N–H and O–H groups in total. The van der Waals surface area contributed by atoms with Gasteiger partial charge in [-0.1, -0.05) is 28.1 Å². The van der Waals surface area contributed by atoms with Gasteiger partial charge < -0.3 is 10.5 Å². The first-order valence-corrected chi connectivity index (χ1v) is 7.15. The molecule has 1 unspecified atom stereocenters. The van der Waals surface area contributed by atoms with Gasteiger partial charge in [-0.2, -0.15) is 0 Å². The van der Waals surface area contributed by atoms with Crippen LogP contribution >= 0.6 is 31.9 Å². The van der Waals surface area contributed by atoms with Gasteiger partial charge in [-0.3, -0.25) is 0 Å². The molecular weight excluding hydrogens is 377 g/mol. The molecule has 2 rings (SSSR count). The molecule has 2 nitrogen and oxygen atoms in total. The van der Waals surface area contributed by atoms with E-state index in [1.807, 2.05) is 24.3 Å². The molecule has 0 amide bonds. The molecule has 0 bridgehead atoms. The second kappa shape index (κ2) is 6.03. The van der Waals surface area contributed by atoms with Gasteiger partial charge in [0.05, 0.1) is 17.6 Å². The Morgan fingerprint density at radius 1 is 1.16 bits per heavy atom. The number of hydrogen-bond donors (Lipinski definition) is 1. The topological polar surface area (TPSA) is 35.2 Å². The summed E-state index contributed by atoms with van der Waals surface area (Å²) in [5.41, 5.74) is 7.89. The van der Waals surface area contributed by atoms with Crippen molar-refractivity contribution in [2.45, 2.75) is 6.04 Å². The quantitative estimate of drug-likeness (QED) is 0.845. The Bertz CT molecular complexity index is 587. The molecule has 5 heteroatoms. The van der Waals surface area contributed by atoms with Gasteiger partial charge in [0.1, 0.15) is 11.6 Å². The van der Waals surface area contributed by atoms with Crippen LogP contribution in [0.4, 0.5) is 4.39 Å². The number of nitrogens with two attached hydrogens (primary N) is 1. The molecule has 0 saturated heterocycles. The molecule has 100 valence electrons. The van der Waals surface area contributed by atoms with Crippen LogP contribution in [0.5, 0.6) is 5.75 Å². The number of methoxy groups -OCH3 is 1. The maximum Gasteiger partial charge on any atom is 0.141 e. The van der Waals surface area contributed by atoms with Crippen LogP contribution in [-0.2, 0) is 0 Å². The third-order valence-corrected chi connectivity index (χ3v) is 3.97. The van der Waals surface area contributed by atoms with Crippen LogP contribution in [0.25, 0.3) is 0 Å². The van der Waals surface area contributed by atoms with E-state index in [1.165, 1.54) is 13.2 Å². The third kappa shape index (κ3) is 3.16. The fourth-order valence-electron chi connectivity index (χ4n) is 1.81. The average Bonchev–Trinajstić information content (AvgIpc) is 2.41. The summed E-state index contributed by atoms with van der Waals surface area (Å²) in [6.45, 7) is 0. The Balaban J connectivity index is 2.45. The smallest absolute Gasteiger partial charge is 0.141 e. The highest BCUT2D eigenvalue weighted by molar-refractivity contribution is 9.10. The zero-order valence-electron chi connectivity index (χ0n) is 10.2. The van der Waals surface area contributed by atoms with Gasteiger partial charge in [0.15, 0.2) is 0 Å². The molecule has 1 atom stereocenters. The van der Waals surface area contributed by atoms with Gasteiger partial charge in [-0.05, 0) is 39.7 Å². The molecule has 0 fully saturated rings. The van der Waals surface area contributed by atoms with Crippen LogP contribution in [0.2, 0.25) is 0 Å². The normalized spacial score (nSPS) is 12.3. The van der Waals surface area contributed by atoms with E-state index in [-0.39, 0.29) is 11.9 Å². The minimum absolute atomic E-state index is 0.371. The summed E-state index contributed by atoms with van der Waals surface area (Å²) >= 11 is 6.55. The maximum atomic E-state index is 13.5. The summed E-state index contributed by atoms with van der Waals surface area (Å²) in [5.74, 6) is 0.0692. The predicted octanol–water partition coefficient (Wildman–Crippen LogP) is 4.41. The van der Waals surface area contributed by atoms with Crippen LogP contribution < -0.4 is 10.5 Å². The Kier molecular flexibility index (Phi) is 4.60. The molecule has 2 aromatic carbocycles. The van der Waals surface area contributed by atoms with Gasteiger partial charge >= 0.3 is 0 Å². The summed E-state index contributed by atoms with van der Waals surface area (Å²) in [7, 11) is 1.50. The van der Waals surface area contributed by atoms with E-state index < -0.39 is 0 Å². The average molecular weight is 389 g/mol. The second-order valence-corrected chi connectivity index (χ2v) is 5.81. The summed E-state index contributed by atoms with van der Waals surface area (Å²) in [6, 6.07) is 10.3. The van der Waals surface area contributed by atoms with Crippen molar-refractivity contribution in [1.82, 2.24) is 0 Å². The van der Waals surface area contributed by atoms with E-state index in [9.17, 15) is 4.39 Å². The van der Waals surface area contributed by atoms with Crippen molar-refractivity contribution >= 4 is 31.9 Å². The number of hydrogen-bond acceptors (Lipinski definition) is 2. The standard InChI is InChI=1S/C14H12Br2FNO/c1-19-13-7-12(17)11(16)6-10(13)14(18)8-2-4-9(15)5-3-8/h2-7,14H,18H2,1H3. The first kappa shape index (κ1) is 14.5. The van der Waals surface area contributed by atoms with Crippen LogP contribution in [0.3, 0.4) is 0 Å². The maximum absolute atomic E-state index is 13.5. The zero-order chi connectivity index (χ0) is 14.0. The van der Waals surface area contributed by atoms with Crippen molar-refractivity contribution in [3.63, 3.8) is 0 Å². The summed E-state index contributed by atoms with van der Waals surface area (Å²) in [5, 5.41) is 0. The van der Waals surface area contributed by atoms with Gasteiger partial charge in [-0.25, -0.2) is 4.39 Å². The van der Waals surface area contributed by atoms with E-state index in [0.29, 0.717) is 10.2 Å². The lowest BCUT2D eigenvalue weighted by Gasteiger charge is -2.17. The highest BCUT2D eigenvalue weighted by atomic mass is 79.9. The minimum atomic E-state index is -0.375. The molecule has 0 radical (unpaired) electrons. The van der Waals surface area contributed by atoms with Crippen LogP contribution in [0.15, 0.2) is 45.3 Å². The summed E-state index contributed by atoms with van der Waals surface area (Å²) in [6.07, 6.45) is 0. The fraction of sp³-hybridized carbons (Fsp3) is 0.143. The van der Waals surface area contributed by atoms with Crippen molar-refractivity contribution in [3.8, 4) is 5.75 Å². The molecule has 0 aromatic heterocycles. The molecule has 2 aromatic rings. The van der Waals surface area contributed by atoms with E-state index >= 15 is 0 Å². The number of rotatable bonds is 3. The van der Waals surface area contributed by atoms with Crippen molar-refractivity contribution in [2.75, 3.05) is 7.11 Å². The molecule has 0 aliphatic rings. The van der Waals surface area contributed by atoms with Gasteiger partial charge in [-0.15, -0.1) is 0 Å². The lowest BCUT2D eigenvalue weighted by atomic mass is 9.99. The van der Waals surface area contributed by atoms with E-state index in [1.54, 1.807) is 6.07 Å². The first-order valence-electron chi connectivity index (χ1n) is 5.57. The highest BCUT2D eigenvalue weighted by Gasteiger charge is 2.16. The number of halogens is 3. The molecule has 0 saturated carbocycles. The van der Waals surface area contributed by atoms with Crippen molar-refractivity contribution in [3.05, 3.63) is 62.3 Å². The summed E-state index contributed by atoms with van der Waals surface area (Å²) < 4.78 is 20.0. The SMILES string of the molecule is COc1cc(F)c(Br)cc1C(N)c1ccc(Br)cc1.